The van der Waals surface area contributed by atoms with Gasteiger partial charge in [0.25, 0.3) is 0 Å². The van der Waals surface area contributed by atoms with Gasteiger partial charge in [0.2, 0.25) is 0 Å². The van der Waals surface area contributed by atoms with Crippen molar-refractivity contribution >= 4 is 6.08 Å². The molecule has 1 aliphatic carbocycles. The summed E-state index contributed by atoms with van der Waals surface area (Å²) in [6, 6.07) is 17.2. The maximum absolute atomic E-state index is 3.42. The van der Waals surface area contributed by atoms with Crippen LogP contribution in [0.2, 0.25) is 0 Å². The van der Waals surface area contributed by atoms with Crippen LogP contribution in [0.25, 0.3) is 6.08 Å². The van der Waals surface area contributed by atoms with Crippen LogP contribution in [0.5, 0.6) is 0 Å². The Balaban J connectivity index is 1.74. The quantitative estimate of drug-likeness (QED) is 0.688. The fourth-order valence-electron chi connectivity index (χ4n) is 3.65. The van der Waals surface area contributed by atoms with Crippen LogP contribution >= 0.6 is 0 Å². The van der Waals surface area contributed by atoms with E-state index in [1.165, 1.54) is 22.5 Å². The molecular formula is C20H20N2. The standard InChI is InChI=1S/C20H20N2/c1-20(18-8-4-12-21-18,19-9-5-13-22-19)14-16-11-10-15-6-2-3-7-17(15)16/h2-13,16,21-22H,14H2,1H3. The van der Waals surface area contributed by atoms with Crippen LogP contribution in [0.3, 0.4) is 0 Å². The Kier molecular flexibility index (Phi) is 3.04. The Labute approximate surface area is 130 Å². The van der Waals surface area contributed by atoms with E-state index in [9.17, 15) is 0 Å². The summed E-state index contributed by atoms with van der Waals surface area (Å²) in [5, 5.41) is 0. The Hall–Kier alpha value is -2.48. The molecule has 2 heteroatoms. The summed E-state index contributed by atoms with van der Waals surface area (Å²) in [5.74, 6) is 0.452. The number of nitrogens with one attached hydrogen (secondary N) is 2. The Morgan fingerprint density at radius 1 is 0.909 bits per heavy atom. The third-order valence-corrected chi connectivity index (χ3v) is 4.92. The number of rotatable bonds is 4. The molecular weight excluding hydrogens is 268 g/mol. The van der Waals surface area contributed by atoms with Crippen molar-refractivity contribution in [3.8, 4) is 0 Å². The van der Waals surface area contributed by atoms with E-state index in [4.69, 9.17) is 0 Å². The second-order valence-electron chi connectivity index (χ2n) is 6.30. The van der Waals surface area contributed by atoms with Crippen molar-refractivity contribution in [3.63, 3.8) is 0 Å². The van der Waals surface area contributed by atoms with E-state index in [-0.39, 0.29) is 5.41 Å². The Bertz CT molecular complexity index is 745. The van der Waals surface area contributed by atoms with Gasteiger partial charge in [0.05, 0.1) is 0 Å². The summed E-state index contributed by atoms with van der Waals surface area (Å²) in [4.78, 5) is 6.84. The molecule has 0 saturated carbocycles. The second kappa shape index (κ2) is 5.06. The van der Waals surface area contributed by atoms with Gasteiger partial charge in [0.1, 0.15) is 0 Å². The van der Waals surface area contributed by atoms with E-state index in [0.717, 1.165) is 6.42 Å². The zero-order chi connectivity index (χ0) is 15.0. The van der Waals surface area contributed by atoms with Gasteiger partial charge in [-0.1, -0.05) is 36.4 Å². The number of benzene rings is 1. The lowest BCUT2D eigenvalue weighted by atomic mass is 9.74. The van der Waals surface area contributed by atoms with Crippen LogP contribution in [-0.2, 0) is 5.41 Å². The molecule has 2 heterocycles. The highest BCUT2D eigenvalue weighted by Crippen LogP contribution is 2.43. The number of allylic oxidation sites excluding steroid dienone is 1. The van der Waals surface area contributed by atoms with Gasteiger partial charge in [-0.05, 0) is 48.7 Å². The van der Waals surface area contributed by atoms with Gasteiger partial charge in [0, 0.05) is 35.1 Å². The van der Waals surface area contributed by atoms with E-state index in [2.05, 4.69) is 77.6 Å². The SMILES string of the molecule is CC(CC1C=Cc2ccccc21)(c1ccc[nH]1)c1ccc[nH]1. The minimum atomic E-state index is -0.0561. The minimum Gasteiger partial charge on any atom is -0.364 e. The van der Waals surface area contributed by atoms with Crippen molar-refractivity contribution in [1.82, 2.24) is 9.97 Å². The molecule has 1 aliphatic rings. The Morgan fingerprint density at radius 2 is 1.59 bits per heavy atom. The highest BCUT2D eigenvalue weighted by molar-refractivity contribution is 5.62. The molecule has 1 unspecified atom stereocenters. The average Bonchev–Trinajstić information content (AvgIpc) is 3.29. The van der Waals surface area contributed by atoms with Crippen LogP contribution in [0, 0.1) is 0 Å². The first-order valence-electron chi connectivity index (χ1n) is 7.82. The van der Waals surface area contributed by atoms with Gasteiger partial charge >= 0.3 is 0 Å². The van der Waals surface area contributed by atoms with E-state index in [1.54, 1.807) is 0 Å². The molecule has 0 radical (unpaired) electrons. The van der Waals surface area contributed by atoms with Gasteiger partial charge in [-0.2, -0.15) is 0 Å². The van der Waals surface area contributed by atoms with Crippen molar-refractivity contribution in [2.75, 3.05) is 0 Å². The van der Waals surface area contributed by atoms with Crippen molar-refractivity contribution in [2.45, 2.75) is 24.7 Å². The number of H-pyrrole nitrogens is 2. The fourth-order valence-corrected chi connectivity index (χ4v) is 3.65. The third-order valence-electron chi connectivity index (χ3n) is 4.92. The van der Waals surface area contributed by atoms with Gasteiger partial charge in [-0.25, -0.2) is 0 Å². The summed E-state index contributed by atoms with van der Waals surface area (Å²) >= 11 is 0. The summed E-state index contributed by atoms with van der Waals surface area (Å²) in [6.45, 7) is 2.32. The molecule has 1 atom stereocenters. The predicted molar refractivity (Wildman–Crippen MR) is 90.9 cm³/mol. The molecule has 3 aromatic rings. The molecule has 1 aromatic carbocycles. The third kappa shape index (κ3) is 2.03. The molecule has 4 rings (SSSR count). The average molecular weight is 288 g/mol. The minimum absolute atomic E-state index is 0.0561. The summed E-state index contributed by atoms with van der Waals surface area (Å²) in [5.41, 5.74) is 5.25. The zero-order valence-corrected chi connectivity index (χ0v) is 12.7. The first-order valence-corrected chi connectivity index (χ1v) is 7.82. The maximum atomic E-state index is 3.42. The Morgan fingerprint density at radius 3 is 2.23 bits per heavy atom. The number of aromatic nitrogens is 2. The van der Waals surface area contributed by atoms with E-state index in [0.29, 0.717) is 5.92 Å². The number of fused-ring (bicyclic) bond motifs is 1. The van der Waals surface area contributed by atoms with E-state index in [1.807, 2.05) is 12.4 Å². The topological polar surface area (TPSA) is 31.6 Å². The summed E-state index contributed by atoms with van der Waals surface area (Å²) in [7, 11) is 0. The lowest BCUT2D eigenvalue weighted by Crippen LogP contribution is -2.26. The van der Waals surface area contributed by atoms with Gasteiger partial charge in [-0.15, -0.1) is 0 Å². The zero-order valence-electron chi connectivity index (χ0n) is 12.7. The van der Waals surface area contributed by atoms with Crippen LogP contribution in [0.15, 0.2) is 67.0 Å². The van der Waals surface area contributed by atoms with E-state index < -0.39 is 0 Å². The maximum Gasteiger partial charge on any atom is 0.0484 e. The summed E-state index contributed by atoms with van der Waals surface area (Å²) < 4.78 is 0. The second-order valence-corrected chi connectivity index (χ2v) is 6.30. The van der Waals surface area contributed by atoms with Gasteiger partial charge in [-0.3, -0.25) is 0 Å². The lowest BCUT2D eigenvalue weighted by Gasteiger charge is -2.31. The largest absolute Gasteiger partial charge is 0.364 e. The van der Waals surface area contributed by atoms with Crippen molar-refractivity contribution in [2.24, 2.45) is 0 Å². The summed E-state index contributed by atoms with van der Waals surface area (Å²) in [6.07, 6.45) is 9.66. The van der Waals surface area contributed by atoms with Crippen LogP contribution in [0.1, 0.15) is 41.8 Å². The molecule has 0 bridgehead atoms. The van der Waals surface area contributed by atoms with E-state index >= 15 is 0 Å². The first-order chi connectivity index (χ1) is 10.8. The molecule has 0 saturated heterocycles. The van der Waals surface area contributed by atoms with Crippen LogP contribution in [-0.4, -0.2) is 9.97 Å². The lowest BCUT2D eigenvalue weighted by molar-refractivity contribution is 0.473. The van der Waals surface area contributed by atoms with Crippen molar-refractivity contribution in [3.05, 3.63) is 89.5 Å². The van der Waals surface area contributed by atoms with Crippen LogP contribution in [0.4, 0.5) is 0 Å². The van der Waals surface area contributed by atoms with Crippen molar-refractivity contribution < 1.29 is 0 Å². The number of hydrogen-bond acceptors (Lipinski definition) is 0. The molecule has 22 heavy (non-hydrogen) atoms. The normalized spacial score (nSPS) is 16.9. The molecule has 2 N–H and O–H groups in total. The van der Waals surface area contributed by atoms with Gasteiger partial charge < -0.3 is 9.97 Å². The predicted octanol–water partition coefficient (Wildman–Crippen LogP) is 4.85. The first kappa shape index (κ1) is 13.2. The smallest absolute Gasteiger partial charge is 0.0484 e. The van der Waals surface area contributed by atoms with Crippen LogP contribution < -0.4 is 0 Å². The molecule has 110 valence electrons. The molecule has 0 spiro atoms. The monoisotopic (exact) mass is 288 g/mol. The highest BCUT2D eigenvalue weighted by atomic mass is 14.8. The molecule has 2 nitrogen and oxygen atoms in total. The fraction of sp³-hybridized carbons (Fsp3) is 0.200. The number of hydrogen-bond donors (Lipinski definition) is 2. The van der Waals surface area contributed by atoms with Gasteiger partial charge in [0.15, 0.2) is 0 Å². The number of aromatic amines is 2. The molecule has 0 fully saturated rings. The molecule has 0 amide bonds. The van der Waals surface area contributed by atoms with Crippen molar-refractivity contribution in [1.29, 1.82) is 0 Å². The molecule has 0 aliphatic heterocycles. The molecule has 2 aromatic heterocycles. The highest BCUT2D eigenvalue weighted by Gasteiger charge is 2.35.